The Bertz CT molecular complexity index is 370. The molecule has 0 atom stereocenters. The van der Waals surface area contributed by atoms with Crippen LogP contribution < -0.4 is 19.1 Å². The second-order valence-electron chi connectivity index (χ2n) is 4.24. The lowest BCUT2D eigenvalue weighted by molar-refractivity contribution is 0.285. The molecule has 0 saturated carbocycles. The van der Waals surface area contributed by atoms with Crippen LogP contribution >= 0.6 is 0 Å². The van der Waals surface area contributed by atoms with Gasteiger partial charge < -0.3 is 24.2 Å². The maximum atomic E-state index is 8.81. The zero-order valence-corrected chi connectivity index (χ0v) is 12.1. The Hall–Kier alpha value is -1.62. The molecule has 1 rings (SSSR count). The van der Waals surface area contributed by atoms with Gasteiger partial charge >= 0.3 is 0 Å². The summed E-state index contributed by atoms with van der Waals surface area (Å²) >= 11 is 0. The van der Waals surface area contributed by atoms with E-state index in [0.717, 1.165) is 25.1 Å². The van der Waals surface area contributed by atoms with E-state index in [9.17, 15) is 0 Å². The Balaban J connectivity index is 2.95. The third-order valence-electron chi connectivity index (χ3n) is 2.99. The molecular weight excluding hydrogens is 246 g/mol. The highest BCUT2D eigenvalue weighted by molar-refractivity contribution is 5.63. The average molecular weight is 269 g/mol. The summed E-state index contributed by atoms with van der Waals surface area (Å²) in [6.45, 7) is 1.09. The molecule has 0 bridgehead atoms. The second kappa shape index (κ2) is 7.74. The summed E-state index contributed by atoms with van der Waals surface area (Å²) in [6, 6.07) is 3.83. The van der Waals surface area contributed by atoms with Crippen LogP contribution in [0.1, 0.15) is 12.8 Å². The highest BCUT2D eigenvalue weighted by Crippen LogP contribution is 2.40. The molecule has 0 amide bonds. The molecule has 0 radical (unpaired) electrons. The number of ether oxygens (including phenoxy) is 3. The number of hydrogen-bond donors (Lipinski definition) is 1. The van der Waals surface area contributed by atoms with E-state index < -0.39 is 0 Å². The minimum absolute atomic E-state index is 0.225. The van der Waals surface area contributed by atoms with Crippen LogP contribution in [0.4, 0.5) is 5.69 Å². The van der Waals surface area contributed by atoms with Gasteiger partial charge in [0.2, 0.25) is 5.75 Å². The Labute approximate surface area is 114 Å². The standard InChI is InChI=1S/C14H23NO4/c1-15(7-5-6-8-16)11-9-12(17-2)14(19-4)13(10-11)18-3/h9-10,16H,5-8H2,1-4H3. The maximum absolute atomic E-state index is 8.81. The summed E-state index contributed by atoms with van der Waals surface area (Å²) in [4.78, 5) is 2.10. The van der Waals surface area contributed by atoms with Crippen LogP contribution in [0.25, 0.3) is 0 Å². The number of rotatable bonds is 8. The van der Waals surface area contributed by atoms with Gasteiger partial charge in [-0.1, -0.05) is 0 Å². The number of unbranched alkanes of at least 4 members (excludes halogenated alkanes) is 1. The predicted molar refractivity (Wildman–Crippen MR) is 75.7 cm³/mol. The van der Waals surface area contributed by atoms with E-state index in [2.05, 4.69) is 4.90 Å². The van der Waals surface area contributed by atoms with Gasteiger partial charge in [-0.3, -0.25) is 0 Å². The molecule has 5 heteroatoms. The minimum Gasteiger partial charge on any atom is -0.493 e. The van der Waals surface area contributed by atoms with Crippen molar-refractivity contribution in [3.05, 3.63) is 12.1 Å². The lowest BCUT2D eigenvalue weighted by Gasteiger charge is -2.22. The molecule has 0 spiro atoms. The Morgan fingerprint density at radius 3 is 2.00 bits per heavy atom. The number of methoxy groups -OCH3 is 3. The van der Waals surface area contributed by atoms with E-state index in [0.29, 0.717) is 17.2 Å². The van der Waals surface area contributed by atoms with Crippen LogP contribution in [0.5, 0.6) is 17.2 Å². The number of hydrogen-bond acceptors (Lipinski definition) is 5. The van der Waals surface area contributed by atoms with E-state index in [4.69, 9.17) is 19.3 Å². The van der Waals surface area contributed by atoms with E-state index in [-0.39, 0.29) is 6.61 Å². The zero-order valence-electron chi connectivity index (χ0n) is 12.1. The fourth-order valence-electron chi connectivity index (χ4n) is 1.88. The number of aliphatic hydroxyl groups is 1. The van der Waals surface area contributed by atoms with Crippen molar-refractivity contribution in [3.63, 3.8) is 0 Å². The van der Waals surface area contributed by atoms with Gasteiger partial charge in [-0.2, -0.15) is 0 Å². The van der Waals surface area contributed by atoms with Crippen LogP contribution in [0.3, 0.4) is 0 Å². The van der Waals surface area contributed by atoms with E-state index in [1.54, 1.807) is 21.3 Å². The molecule has 19 heavy (non-hydrogen) atoms. The molecule has 0 aliphatic rings. The molecule has 0 aliphatic heterocycles. The second-order valence-corrected chi connectivity index (χ2v) is 4.24. The molecular formula is C14H23NO4. The van der Waals surface area contributed by atoms with E-state index >= 15 is 0 Å². The summed E-state index contributed by atoms with van der Waals surface area (Å²) < 4.78 is 15.9. The van der Waals surface area contributed by atoms with Crippen LogP contribution in [-0.2, 0) is 0 Å². The lowest BCUT2D eigenvalue weighted by Crippen LogP contribution is -2.19. The van der Waals surface area contributed by atoms with Crippen molar-refractivity contribution >= 4 is 5.69 Å². The number of aliphatic hydroxyl groups excluding tert-OH is 1. The first-order valence-corrected chi connectivity index (χ1v) is 6.30. The predicted octanol–water partition coefficient (Wildman–Crippen LogP) is 1.92. The van der Waals surface area contributed by atoms with Crippen molar-refractivity contribution in [1.29, 1.82) is 0 Å². The van der Waals surface area contributed by atoms with Crippen LogP contribution in [-0.4, -0.2) is 46.6 Å². The van der Waals surface area contributed by atoms with Crippen molar-refractivity contribution in [2.24, 2.45) is 0 Å². The number of anilines is 1. The zero-order chi connectivity index (χ0) is 14.3. The largest absolute Gasteiger partial charge is 0.493 e. The molecule has 108 valence electrons. The third-order valence-corrected chi connectivity index (χ3v) is 2.99. The van der Waals surface area contributed by atoms with Gasteiger partial charge in [0, 0.05) is 38.0 Å². The van der Waals surface area contributed by atoms with Gasteiger partial charge in [0.15, 0.2) is 11.5 Å². The van der Waals surface area contributed by atoms with Gasteiger partial charge in [0.25, 0.3) is 0 Å². The molecule has 0 heterocycles. The molecule has 0 unspecified atom stereocenters. The SMILES string of the molecule is COc1cc(N(C)CCCCO)cc(OC)c1OC. The van der Waals surface area contributed by atoms with Gasteiger partial charge in [-0.15, -0.1) is 0 Å². The normalized spacial score (nSPS) is 10.2. The van der Waals surface area contributed by atoms with Crippen LogP contribution in [0.15, 0.2) is 12.1 Å². The van der Waals surface area contributed by atoms with Crippen LogP contribution in [0, 0.1) is 0 Å². The lowest BCUT2D eigenvalue weighted by atomic mass is 10.2. The monoisotopic (exact) mass is 269 g/mol. The maximum Gasteiger partial charge on any atom is 0.203 e. The minimum atomic E-state index is 0.225. The van der Waals surface area contributed by atoms with E-state index in [1.807, 2.05) is 19.2 Å². The average Bonchev–Trinajstić information content (AvgIpc) is 2.45. The first-order valence-electron chi connectivity index (χ1n) is 6.30. The van der Waals surface area contributed by atoms with Crippen molar-refractivity contribution in [1.82, 2.24) is 0 Å². The molecule has 0 fully saturated rings. The Morgan fingerprint density at radius 2 is 1.58 bits per heavy atom. The molecule has 1 aromatic carbocycles. The fraction of sp³-hybridized carbons (Fsp3) is 0.571. The van der Waals surface area contributed by atoms with Gasteiger partial charge in [0.1, 0.15) is 0 Å². The summed E-state index contributed by atoms with van der Waals surface area (Å²) in [5, 5.41) is 8.81. The molecule has 0 aromatic heterocycles. The molecule has 1 N–H and O–H groups in total. The van der Waals surface area contributed by atoms with E-state index in [1.165, 1.54) is 0 Å². The highest BCUT2D eigenvalue weighted by Gasteiger charge is 2.14. The highest BCUT2D eigenvalue weighted by atomic mass is 16.5. The van der Waals surface area contributed by atoms with Crippen LogP contribution in [0.2, 0.25) is 0 Å². The van der Waals surface area contributed by atoms with Crippen molar-refractivity contribution in [3.8, 4) is 17.2 Å². The summed E-state index contributed by atoms with van der Waals surface area (Å²) in [5.74, 6) is 1.88. The quantitative estimate of drug-likeness (QED) is 0.731. The summed E-state index contributed by atoms with van der Waals surface area (Å²) in [5.41, 5.74) is 0.993. The first kappa shape index (κ1) is 15.4. The topological polar surface area (TPSA) is 51.2 Å². The first-order chi connectivity index (χ1) is 9.17. The van der Waals surface area contributed by atoms with Crippen molar-refractivity contribution < 1.29 is 19.3 Å². The summed E-state index contributed by atoms with van der Waals surface area (Å²) in [7, 11) is 6.79. The molecule has 1 aromatic rings. The molecule has 5 nitrogen and oxygen atoms in total. The number of benzene rings is 1. The van der Waals surface area contributed by atoms with Crippen molar-refractivity contribution in [2.45, 2.75) is 12.8 Å². The fourth-order valence-corrected chi connectivity index (χ4v) is 1.88. The Kier molecular flexibility index (Phi) is 6.29. The number of nitrogens with zero attached hydrogens (tertiary/aromatic N) is 1. The van der Waals surface area contributed by atoms with Crippen molar-refractivity contribution in [2.75, 3.05) is 46.4 Å². The molecule has 0 aliphatic carbocycles. The smallest absolute Gasteiger partial charge is 0.203 e. The summed E-state index contributed by atoms with van der Waals surface area (Å²) in [6.07, 6.45) is 1.73. The third kappa shape index (κ3) is 3.92. The van der Waals surface area contributed by atoms with Gasteiger partial charge in [-0.25, -0.2) is 0 Å². The van der Waals surface area contributed by atoms with Gasteiger partial charge in [-0.05, 0) is 12.8 Å². The Morgan fingerprint density at radius 1 is 1.00 bits per heavy atom. The molecule has 0 saturated heterocycles. The van der Waals surface area contributed by atoms with Gasteiger partial charge in [0.05, 0.1) is 21.3 Å².